The lowest BCUT2D eigenvalue weighted by molar-refractivity contribution is -0.118. The molecule has 0 atom stereocenters. The van der Waals surface area contributed by atoms with Gasteiger partial charge in [0.2, 0.25) is 0 Å². The molecule has 0 unspecified atom stereocenters. The Hall–Kier alpha value is -3.30. The van der Waals surface area contributed by atoms with Gasteiger partial charge in [-0.1, -0.05) is 57.5 Å². The van der Waals surface area contributed by atoms with Crippen molar-refractivity contribution in [3.63, 3.8) is 0 Å². The van der Waals surface area contributed by atoms with Crippen molar-refractivity contribution in [3.8, 4) is 17.1 Å². The zero-order chi connectivity index (χ0) is 23.2. The first kappa shape index (κ1) is 22.9. The molecule has 166 valence electrons. The van der Waals surface area contributed by atoms with E-state index in [1.165, 1.54) is 11.8 Å². The molecule has 0 radical (unpaired) electrons. The van der Waals surface area contributed by atoms with Gasteiger partial charge in [-0.2, -0.15) is 5.10 Å². The Morgan fingerprint density at radius 3 is 2.58 bits per heavy atom. The minimum atomic E-state index is -0.224. The molecule has 4 aromatic rings. The van der Waals surface area contributed by atoms with Crippen molar-refractivity contribution in [1.29, 1.82) is 0 Å². The summed E-state index contributed by atoms with van der Waals surface area (Å²) in [6.45, 7) is 3.89. The minimum absolute atomic E-state index is 0.148. The van der Waals surface area contributed by atoms with Crippen LogP contribution in [0.25, 0.3) is 17.1 Å². The number of amides is 1. The number of hydrazone groups is 1. The Balaban J connectivity index is 1.52. The van der Waals surface area contributed by atoms with Crippen LogP contribution in [0.2, 0.25) is 0 Å². The number of hydrogen-bond donors (Lipinski definition) is 1. The second-order valence-corrected chi connectivity index (χ2v) is 9.10. The number of aryl methyl sites for hydroxylation is 1. The molecule has 2 aromatic heterocycles. The lowest BCUT2D eigenvalue weighted by Crippen LogP contribution is -2.21. The molecule has 0 saturated carbocycles. The van der Waals surface area contributed by atoms with Crippen LogP contribution in [0.3, 0.4) is 0 Å². The maximum atomic E-state index is 12.5. The second-order valence-electron chi connectivity index (χ2n) is 7.24. The lowest BCUT2D eigenvalue weighted by Gasteiger charge is -2.10. The molecule has 0 spiro atoms. The van der Waals surface area contributed by atoms with Gasteiger partial charge in [0.25, 0.3) is 5.91 Å². The van der Waals surface area contributed by atoms with Gasteiger partial charge in [-0.05, 0) is 55.8 Å². The molecule has 0 fully saturated rings. The fraction of sp³-hybridized carbons (Fsp3) is 0.125. The van der Waals surface area contributed by atoms with Crippen molar-refractivity contribution in [2.45, 2.75) is 19.0 Å². The first-order chi connectivity index (χ1) is 16.0. The predicted octanol–water partition coefficient (Wildman–Crippen LogP) is 5.03. The highest BCUT2D eigenvalue weighted by molar-refractivity contribution is 9.10. The number of aromatic nitrogens is 4. The first-order valence-electron chi connectivity index (χ1n) is 10.2. The highest BCUT2D eigenvalue weighted by atomic mass is 79.9. The SMILES string of the molecule is C/C(=N\NC(=O)CSc1nnc(-c2ccncc2)n1-c1ccc(C)cc1)c1cccc(Br)c1. The Kier molecular flexibility index (Phi) is 7.31. The topological polar surface area (TPSA) is 85.1 Å². The number of nitrogens with zero attached hydrogens (tertiary/aromatic N) is 5. The number of carbonyl (C=O) groups is 1. The number of benzene rings is 2. The molecule has 0 saturated heterocycles. The molecular weight excluding hydrogens is 500 g/mol. The molecule has 0 aliphatic heterocycles. The number of pyridine rings is 1. The first-order valence-corrected chi connectivity index (χ1v) is 11.9. The number of halogens is 1. The van der Waals surface area contributed by atoms with Gasteiger partial charge in [0.05, 0.1) is 11.5 Å². The zero-order valence-electron chi connectivity index (χ0n) is 18.1. The molecule has 7 nitrogen and oxygen atoms in total. The van der Waals surface area contributed by atoms with Crippen LogP contribution in [-0.4, -0.2) is 37.1 Å². The van der Waals surface area contributed by atoms with Gasteiger partial charge in [-0.3, -0.25) is 14.3 Å². The molecule has 33 heavy (non-hydrogen) atoms. The van der Waals surface area contributed by atoms with Crippen molar-refractivity contribution in [1.82, 2.24) is 25.2 Å². The summed E-state index contributed by atoms with van der Waals surface area (Å²) in [7, 11) is 0. The third-order valence-corrected chi connectivity index (χ3v) is 6.21. The maximum absolute atomic E-state index is 12.5. The predicted molar refractivity (Wildman–Crippen MR) is 135 cm³/mol. The fourth-order valence-electron chi connectivity index (χ4n) is 3.06. The van der Waals surface area contributed by atoms with E-state index in [-0.39, 0.29) is 11.7 Å². The van der Waals surface area contributed by atoms with Crippen LogP contribution in [0.4, 0.5) is 0 Å². The van der Waals surface area contributed by atoms with Gasteiger partial charge in [-0.15, -0.1) is 10.2 Å². The van der Waals surface area contributed by atoms with E-state index in [4.69, 9.17) is 0 Å². The molecule has 9 heteroatoms. The van der Waals surface area contributed by atoms with Gasteiger partial charge in [0.1, 0.15) is 0 Å². The Morgan fingerprint density at radius 2 is 1.85 bits per heavy atom. The molecule has 1 amide bonds. The van der Waals surface area contributed by atoms with Gasteiger partial charge in [0, 0.05) is 28.1 Å². The Bertz CT molecular complexity index is 1290. The number of rotatable bonds is 7. The smallest absolute Gasteiger partial charge is 0.250 e. The molecule has 2 aromatic carbocycles. The number of nitrogens with one attached hydrogen (secondary N) is 1. The molecule has 0 aliphatic rings. The van der Waals surface area contributed by atoms with Gasteiger partial charge < -0.3 is 0 Å². The normalized spacial score (nSPS) is 11.4. The summed E-state index contributed by atoms with van der Waals surface area (Å²) >= 11 is 4.75. The summed E-state index contributed by atoms with van der Waals surface area (Å²) in [4.78, 5) is 16.6. The van der Waals surface area contributed by atoms with E-state index in [0.29, 0.717) is 11.0 Å². The molecule has 0 bridgehead atoms. The van der Waals surface area contributed by atoms with E-state index in [2.05, 4.69) is 41.6 Å². The summed E-state index contributed by atoms with van der Waals surface area (Å²) in [6.07, 6.45) is 3.44. The van der Waals surface area contributed by atoms with Crippen molar-refractivity contribution < 1.29 is 4.79 Å². The fourth-order valence-corrected chi connectivity index (χ4v) is 4.21. The van der Waals surface area contributed by atoms with Crippen molar-refractivity contribution in [3.05, 3.63) is 88.7 Å². The minimum Gasteiger partial charge on any atom is -0.272 e. The largest absolute Gasteiger partial charge is 0.272 e. The molecule has 0 aliphatic carbocycles. The Morgan fingerprint density at radius 1 is 1.09 bits per heavy atom. The van der Waals surface area contributed by atoms with Crippen LogP contribution >= 0.6 is 27.7 Å². The average Bonchev–Trinajstić information content (AvgIpc) is 3.26. The molecule has 4 rings (SSSR count). The highest BCUT2D eigenvalue weighted by Crippen LogP contribution is 2.27. The lowest BCUT2D eigenvalue weighted by atomic mass is 10.1. The average molecular weight is 521 g/mol. The van der Waals surface area contributed by atoms with Crippen molar-refractivity contribution >= 4 is 39.3 Å². The molecular formula is C24H21BrN6OS. The van der Waals surface area contributed by atoms with E-state index in [1.54, 1.807) is 12.4 Å². The number of hydrogen-bond acceptors (Lipinski definition) is 6. The van der Waals surface area contributed by atoms with E-state index in [1.807, 2.05) is 79.1 Å². The third kappa shape index (κ3) is 5.74. The molecule has 2 heterocycles. The number of carbonyl (C=O) groups excluding carboxylic acids is 1. The van der Waals surface area contributed by atoms with Crippen LogP contribution in [0.1, 0.15) is 18.1 Å². The van der Waals surface area contributed by atoms with Gasteiger partial charge >= 0.3 is 0 Å². The van der Waals surface area contributed by atoms with Crippen LogP contribution in [0, 0.1) is 6.92 Å². The van der Waals surface area contributed by atoms with Crippen LogP contribution in [0.15, 0.2) is 87.8 Å². The monoisotopic (exact) mass is 520 g/mol. The maximum Gasteiger partial charge on any atom is 0.250 e. The van der Waals surface area contributed by atoms with Gasteiger partial charge in [-0.25, -0.2) is 5.43 Å². The van der Waals surface area contributed by atoms with Crippen LogP contribution < -0.4 is 5.43 Å². The van der Waals surface area contributed by atoms with E-state index < -0.39 is 0 Å². The second kappa shape index (κ2) is 10.5. The summed E-state index contributed by atoms with van der Waals surface area (Å²) in [6, 6.07) is 19.6. The summed E-state index contributed by atoms with van der Waals surface area (Å²) < 4.78 is 2.90. The standard InChI is InChI=1S/C24H21BrN6OS/c1-16-6-8-21(9-7-16)31-23(18-10-12-26-13-11-18)29-30-24(31)33-15-22(32)28-27-17(2)19-4-3-5-20(25)14-19/h3-14H,15H2,1-2H3,(H,28,32)/b27-17+. The quantitative estimate of drug-likeness (QED) is 0.210. The highest BCUT2D eigenvalue weighted by Gasteiger charge is 2.17. The molecule has 1 N–H and O–H groups in total. The van der Waals surface area contributed by atoms with Crippen LogP contribution in [-0.2, 0) is 4.79 Å². The summed E-state index contributed by atoms with van der Waals surface area (Å²) in [5.74, 6) is 0.612. The summed E-state index contributed by atoms with van der Waals surface area (Å²) in [5.41, 5.74) is 7.24. The third-order valence-electron chi connectivity index (χ3n) is 4.79. The van der Waals surface area contributed by atoms with Crippen molar-refractivity contribution in [2.75, 3.05) is 5.75 Å². The van der Waals surface area contributed by atoms with E-state index >= 15 is 0 Å². The van der Waals surface area contributed by atoms with Crippen LogP contribution in [0.5, 0.6) is 0 Å². The summed E-state index contributed by atoms with van der Waals surface area (Å²) in [5, 5.41) is 13.6. The number of thioether (sulfide) groups is 1. The van der Waals surface area contributed by atoms with Gasteiger partial charge in [0.15, 0.2) is 11.0 Å². The van der Waals surface area contributed by atoms with E-state index in [0.717, 1.165) is 32.6 Å². The zero-order valence-corrected chi connectivity index (χ0v) is 20.5. The Labute approximate surface area is 204 Å². The van der Waals surface area contributed by atoms with E-state index in [9.17, 15) is 4.79 Å². The van der Waals surface area contributed by atoms with Crippen molar-refractivity contribution in [2.24, 2.45) is 5.10 Å².